The molecule has 0 unspecified atom stereocenters. The molecule has 1 aromatic carbocycles. The van der Waals surface area contributed by atoms with Crippen molar-refractivity contribution in [1.29, 1.82) is 0 Å². The summed E-state index contributed by atoms with van der Waals surface area (Å²) in [6.07, 6.45) is -0.953. The first-order chi connectivity index (χ1) is 18.8. The second-order valence-electron chi connectivity index (χ2n) is 9.74. The van der Waals surface area contributed by atoms with Gasteiger partial charge in [-0.15, -0.1) is 10.2 Å². The summed E-state index contributed by atoms with van der Waals surface area (Å²) in [4.78, 5) is 11.2. The number of hydrogen-bond acceptors (Lipinski definition) is 7. The molecule has 5 aromatic rings. The molecule has 0 bridgehead atoms. The number of pyridine rings is 2. The second kappa shape index (κ2) is 8.79. The van der Waals surface area contributed by atoms with Gasteiger partial charge in [-0.25, -0.2) is 0 Å². The van der Waals surface area contributed by atoms with E-state index in [-0.39, 0.29) is 18.9 Å². The molecular weight excluding hydrogens is 509 g/mol. The number of hydrogen-bond donors (Lipinski definition) is 0. The fraction of sp³-hybridized carbons (Fsp3) is 0.296. The van der Waals surface area contributed by atoms with E-state index in [9.17, 15) is 13.2 Å². The maximum absolute atomic E-state index is 13.2. The van der Waals surface area contributed by atoms with Gasteiger partial charge in [0.05, 0.1) is 23.4 Å². The van der Waals surface area contributed by atoms with Crippen LogP contribution in [-0.4, -0.2) is 41.1 Å². The Morgan fingerprint density at radius 2 is 1.90 bits per heavy atom. The normalized spacial score (nSPS) is 15.0. The lowest BCUT2D eigenvalue weighted by molar-refractivity contribution is -0.147. The average Bonchev–Trinajstić information content (AvgIpc) is 3.64. The van der Waals surface area contributed by atoms with Crippen molar-refractivity contribution < 1.29 is 17.9 Å². The summed E-state index contributed by atoms with van der Waals surface area (Å²) in [6.45, 7) is 3.55. The van der Waals surface area contributed by atoms with Crippen LogP contribution in [0.25, 0.3) is 22.3 Å². The quantitative estimate of drug-likeness (QED) is 0.316. The lowest BCUT2D eigenvalue weighted by Crippen LogP contribution is -2.35. The maximum atomic E-state index is 13.2. The highest BCUT2D eigenvalue weighted by atomic mass is 19.4. The number of fused-ring (bicyclic) bond motifs is 3. The summed E-state index contributed by atoms with van der Waals surface area (Å²) in [5.41, 5.74) is 4.98. The highest BCUT2D eigenvalue weighted by molar-refractivity contribution is 5.88. The van der Waals surface area contributed by atoms with Crippen molar-refractivity contribution >= 4 is 16.6 Å². The van der Waals surface area contributed by atoms with Gasteiger partial charge in [0.25, 0.3) is 0 Å². The lowest BCUT2D eigenvalue weighted by Gasteiger charge is -2.30. The molecule has 0 aliphatic carbocycles. The van der Waals surface area contributed by atoms with Crippen LogP contribution in [0.4, 0.5) is 18.9 Å². The average molecular weight is 533 g/mol. The van der Waals surface area contributed by atoms with Gasteiger partial charge in [-0.1, -0.05) is 6.07 Å². The Hall–Kier alpha value is -4.48. The first-order valence-electron chi connectivity index (χ1n) is 12.7. The monoisotopic (exact) mass is 532 g/mol. The minimum Gasteiger partial charge on any atom is -0.452 e. The van der Waals surface area contributed by atoms with E-state index in [0.29, 0.717) is 29.3 Å². The summed E-state index contributed by atoms with van der Waals surface area (Å²) in [6, 6.07) is 13.5. The van der Waals surface area contributed by atoms with E-state index >= 15 is 0 Å². The largest absolute Gasteiger partial charge is 0.452 e. The van der Waals surface area contributed by atoms with Crippen molar-refractivity contribution in [2.45, 2.75) is 45.6 Å². The molecule has 4 aromatic heterocycles. The van der Waals surface area contributed by atoms with Crippen molar-refractivity contribution in [3.05, 3.63) is 71.7 Å². The van der Waals surface area contributed by atoms with Crippen LogP contribution in [-0.2, 0) is 32.2 Å². The first kappa shape index (κ1) is 23.6. The lowest BCUT2D eigenvalue weighted by atomic mass is 10.1. The van der Waals surface area contributed by atoms with E-state index in [1.807, 2.05) is 59.0 Å². The molecule has 198 valence electrons. The van der Waals surface area contributed by atoms with Gasteiger partial charge in [0, 0.05) is 42.6 Å². The van der Waals surface area contributed by atoms with Crippen molar-refractivity contribution in [1.82, 2.24) is 34.5 Å². The zero-order valence-electron chi connectivity index (χ0n) is 21.0. The minimum atomic E-state index is -4.53. The molecular formula is C27H23F3N8O. The van der Waals surface area contributed by atoms with Gasteiger partial charge in [0.15, 0.2) is 17.3 Å². The number of anilines is 1. The number of aromatic nitrogens is 7. The van der Waals surface area contributed by atoms with Gasteiger partial charge in [0.1, 0.15) is 5.75 Å². The van der Waals surface area contributed by atoms with E-state index in [2.05, 4.69) is 20.2 Å². The fourth-order valence-electron chi connectivity index (χ4n) is 5.35. The minimum absolute atomic E-state index is 0.147. The third kappa shape index (κ3) is 4.06. The van der Waals surface area contributed by atoms with E-state index in [1.165, 1.54) is 0 Å². The zero-order valence-corrected chi connectivity index (χ0v) is 21.0. The molecule has 9 nitrogen and oxygen atoms in total. The number of ether oxygens (including phenoxy) is 1. The zero-order chi connectivity index (χ0) is 26.7. The smallest absolute Gasteiger partial charge is 0.451 e. The van der Waals surface area contributed by atoms with Gasteiger partial charge >= 0.3 is 6.18 Å². The van der Waals surface area contributed by atoms with Crippen molar-refractivity contribution in [2.75, 3.05) is 11.4 Å². The van der Waals surface area contributed by atoms with E-state index < -0.39 is 12.0 Å². The molecule has 7 rings (SSSR count). The molecule has 0 saturated heterocycles. The number of rotatable bonds is 4. The summed E-state index contributed by atoms with van der Waals surface area (Å²) in [5, 5.41) is 12.8. The van der Waals surface area contributed by atoms with Crippen LogP contribution in [0.1, 0.15) is 29.5 Å². The van der Waals surface area contributed by atoms with E-state index in [1.54, 1.807) is 6.20 Å². The van der Waals surface area contributed by atoms with Gasteiger partial charge in [-0.2, -0.15) is 18.3 Å². The number of aryl methyl sites for hydroxylation is 2. The van der Waals surface area contributed by atoms with E-state index in [0.717, 1.165) is 52.1 Å². The van der Waals surface area contributed by atoms with Gasteiger partial charge in [-0.3, -0.25) is 14.6 Å². The van der Waals surface area contributed by atoms with Gasteiger partial charge < -0.3 is 14.2 Å². The number of nitrogens with zero attached hydrogens (tertiary/aromatic N) is 8. The van der Waals surface area contributed by atoms with Crippen molar-refractivity contribution in [2.24, 2.45) is 0 Å². The fourth-order valence-corrected chi connectivity index (χ4v) is 5.35. The molecule has 0 fully saturated rings. The molecule has 0 atom stereocenters. The van der Waals surface area contributed by atoms with Crippen LogP contribution in [0.15, 0.2) is 48.7 Å². The number of benzene rings is 1. The molecule has 2 aliphatic heterocycles. The molecule has 0 spiro atoms. The van der Waals surface area contributed by atoms with Gasteiger partial charge in [-0.05, 0) is 56.2 Å². The maximum Gasteiger partial charge on any atom is 0.451 e. The first-order valence-corrected chi connectivity index (χ1v) is 12.7. The highest BCUT2D eigenvalue weighted by Gasteiger charge is 2.39. The highest BCUT2D eigenvalue weighted by Crippen LogP contribution is 2.40. The Kier molecular flexibility index (Phi) is 5.32. The van der Waals surface area contributed by atoms with Crippen molar-refractivity contribution in [3.8, 4) is 22.9 Å². The van der Waals surface area contributed by atoms with Crippen LogP contribution in [0.5, 0.6) is 11.5 Å². The van der Waals surface area contributed by atoms with Crippen LogP contribution >= 0.6 is 0 Å². The third-order valence-electron chi connectivity index (χ3n) is 7.19. The topological polar surface area (TPSA) is 86.8 Å². The van der Waals surface area contributed by atoms with Crippen LogP contribution in [0.2, 0.25) is 0 Å². The molecule has 0 radical (unpaired) electrons. The summed E-state index contributed by atoms with van der Waals surface area (Å²) >= 11 is 0. The SMILES string of the molecule is Cc1cccc(-c2nn3c(c2Oc2ccnc4cc(N5CCn6c(nnc6C(F)(F)F)C5)ccc24)CCC3)n1. The molecule has 0 amide bonds. The molecule has 39 heavy (non-hydrogen) atoms. The predicted octanol–water partition coefficient (Wildman–Crippen LogP) is 5.17. The number of alkyl halides is 3. The Bertz CT molecular complexity index is 1720. The van der Waals surface area contributed by atoms with Crippen LogP contribution in [0, 0.1) is 6.92 Å². The molecule has 6 heterocycles. The van der Waals surface area contributed by atoms with E-state index in [4.69, 9.17) is 9.84 Å². The second-order valence-corrected chi connectivity index (χ2v) is 9.74. The van der Waals surface area contributed by atoms with Crippen molar-refractivity contribution in [3.63, 3.8) is 0 Å². The van der Waals surface area contributed by atoms with Gasteiger partial charge in [0.2, 0.25) is 5.82 Å². The summed E-state index contributed by atoms with van der Waals surface area (Å²) in [5.74, 6) is 0.687. The Balaban J connectivity index is 1.21. The molecule has 0 N–H and O–H groups in total. The molecule has 12 heteroatoms. The Morgan fingerprint density at radius 3 is 2.74 bits per heavy atom. The van der Waals surface area contributed by atoms with Crippen LogP contribution in [0.3, 0.4) is 0 Å². The molecule has 0 saturated carbocycles. The number of halogens is 3. The Labute approximate surface area is 220 Å². The standard InChI is InChI=1S/C27H23F3N8O/c1-16-4-2-5-19(32-16)24-25(21-6-3-11-38(21)35-24)39-22-9-10-31-20-14-17(7-8-18(20)22)36-12-13-37-23(15-36)33-34-26(37)27(28,29)30/h2,4-5,7-10,14H,3,6,11-13,15H2,1H3. The third-order valence-corrected chi connectivity index (χ3v) is 7.19. The van der Waals surface area contributed by atoms with Crippen LogP contribution < -0.4 is 9.64 Å². The molecule has 2 aliphatic rings. The predicted molar refractivity (Wildman–Crippen MR) is 136 cm³/mol. The summed E-state index contributed by atoms with van der Waals surface area (Å²) < 4.78 is 49.4. The Morgan fingerprint density at radius 1 is 1.00 bits per heavy atom. The summed E-state index contributed by atoms with van der Waals surface area (Å²) in [7, 11) is 0.